The highest BCUT2D eigenvalue weighted by atomic mass is 16.6. The maximum Gasteiger partial charge on any atom is 0.278 e. The SMILES string of the molecule is Cc1ccc2oc(C[N+](=O)[O-])nc2c1. The van der Waals surface area contributed by atoms with E-state index in [0.717, 1.165) is 5.56 Å². The molecule has 5 nitrogen and oxygen atoms in total. The molecule has 1 aromatic heterocycles. The zero-order valence-electron chi connectivity index (χ0n) is 7.56. The Hall–Kier alpha value is -1.91. The van der Waals surface area contributed by atoms with Crippen molar-refractivity contribution in [2.24, 2.45) is 0 Å². The van der Waals surface area contributed by atoms with Crippen molar-refractivity contribution in [3.05, 3.63) is 39.8 Å². The lowest BCUT2D eigenvalue weighted by Crippen LogP contribution is -1.97. The van der Waals surface area contributed by atoms with Gasteiger partial charge in [-0.2, -0.15) is 0 Å². The summed E-state index contributed by atoms with van der Waals surface area (Å²) in [6, 6.07) is 5.48. The van der Waals surface area contributed by atoms with Crippen LogP contribution in [0.1, 0.15) is 11.5 Å². The van der Waals surface area contributed by atoms with E-state index in [0.29, 0.717) is 11.1 Å². The van der Waals surface area contributed by atoms with Crippen LogP contribution < -0.4 is 0 Å². The van der Waals surface area contributed by atoms with Crippen molar-refractivity contribution >= 4 is 11.1 Å². The highest BCUT2D eigenvalue weighted by Crippen LogP contribution is 2.16. The van der Waals surface area contributed by atoms with Crippen LogP contribution in [0.3, 0.4) is 0 Å². The fraction of sp³-hybridized carbons (Fsp3) is 0.222. The summed E-state index contributed by atoms with van der Waals surface area (Å²) in [6.07, 6.45) is 0. The van der Waals surface area contributed by atoms with E-state index in [1.165, 1.54) is 0 Å². The van der Waals surface area contributed by atoms with Gasteiger partial charge in [0.05, 0.1) is 0 Å². The molecular formula is C9H8N2O3. The number of aromatic nitrogens is 1. The lowest BCUT2D eigenvalue weighted by molar-refractivity contribution is -0.500. The Bertz CT molecular complexity index is 490. The van der Waals surface area contributed by atoms with Crippen LogP contribution >= 0.6 is 0 Å². The van der Waals surface area contributed by atoms with Crippen LogP contribution in [-0.2, 0) is 6.54 Å². The number of fused-ring (bicyclic) bond motifs is 1. The van der Waals surface area contributed by atoms with Crippen LogP contribution in [0.5, 0.6) is 0 Å². The van der Waals surface area contributed by atoms with Gasteiger partial charge in [0.15, 0.2) is 5.58 Å². The third-order valence-electron chi connectivity index (χ3n) is 1.85. The molecule has 1 aromatic carbocycles. The summed E-state index contributed by atoms with van der Waals surface area (Å²) in [5, 5.41) is 10.2. The molecule has 0 radical (unpaired) electrons. The second kappa shape index (κ2) is 3.10. The third-order valence-corrected chi connectivity index (χ3v) is 1.85. The lowest BCUT2D eigenvalue weighted by atomic mass is 10.2. The van der Waals surface area contributed by atoms with Gasteiger partial charge in [0.25, 0.3) is 12.4 Å². The Balaban J connectivity index is 2.46. The van der Waals surface area contributed by atoms with Crippen molar-refractivity contribution < 1.29 is 9.34 Å². The molecule has 0 aliphatic carbocycles. The van der Waals surface area contributed by atoms with Gasteiger partial charge < -0.3 is 4.42 Å². The van der Waals surface area contributed by atoms with Crippen molar-refractivity contribution in [2.75, 3.05) is 0 Å². The Morgan fingerprint density at radius 3 is 3.07 bits per heavy atom. The van der Waals surface area contributed by atoms with Crippen molar-refractivity contribution in [1.82, 2.24) is 4.98 Å². The zero-order valence-corrected chi connectivity index (χ0v) is 7.56. The summed E-state index contributed by atoms with van der Waals surface area (Å²) in [5.41, 5.74) is 2.31. The highest BCUT2D eigenvalue weighted by Gasteiger charge is 2.10. The molecule has 5 heteroatoms. The summed E-state index contributed by atoms with van der Waals surface area (Å²) in [6.45, 7) is 1.56. The maximum absolute atomic E-state index is 10.2. The van der Waals surface area contributed by atoms with E-state index in [1.54, 1.807) is 6.07 Å². The molecule has 0 atom stereocenters. The average Bonchev–Trinajstić information content (AvgIpc) is 2.44. The summed E-state index contributed by atoms with van der Waals surface area (Å²) < 4.78 is 5.18. The van der Waals surface area contributed by atoms with Crippen molar-refractivity contribution in [1.29, 1.82) is 0 Å². The number of oxazole rings is 1. The van der Waals surface area contributed by atoms with Crippen molar-refractivity contribution in [2.45, 2.75) is 13.5 Å². The van der Waals surface area contributed by atoms with Gasteiger partial charge in [-0.15, -0.1) is 0 Å². The molecule has 0 N–H and O–H groups in total. The number of nitrogens with zero attached hydrogens (tertiary/aromatic N) is 2. The van der Waals surface area contributed by atoms with E-state index < -0.39 is 4.92 Å². The molecule has 72 valence electrons. The number of aryl methyl sites for hydroxylation is 1. The van der Waals surface area contributed by atoms with Gasteiger partial charge in [0.1, 0.15) is 5.52 Å². The van der Waals surface area contributed by atoms with Gasteiger partial charge in [-0.05, 0) is 24.6 Å². The highest BCUT2D eigenvalue weighted by molar-refractivity contribution is 5.73. The minimum absolute atomic E-state index is 0.149. The van der Waals surface area contributed by atoms with Crippen LogP contribution in [-0.4, -0.2) is 9.91 Å². The van der Waals surface area contributed by atoms with Gasteiger partial charge in [0, 0.05) is 4.92 Å². The van der Waals surface area contributed by atoms with E-state index in [-0.39, 0.29) is 12.4 Å². The predicted octanol–water partition coefficient (Wildman–Crippen LogP) is 1.91. The smallest absolute Gasteiger partial charge is 0.278 e. The second-order valence-corrected chi connectivity index (χ2v) is 3.07. The summed E-state index contributed by atoms with van der Waals surface area (Å²) in [4.78, 5) is 13.8. The molecule has 0 bridgehead atoms. The first-order valence-electron chi connectivity index (χ1n) is 4.13. The number of rotatable bonds is 2. The molecular weight excluding hydrogens is 184 g/mol. The first-order chi connectivity index (χ1) is 6.65. The van der Waals surface area contributed by atoms with Gasteiger partial charge in [-0.1, -0.05) is 6.07 Å². The van der Waals surface area contributed by atoms with E-state index in [4.69, 9.17) is 4.42 Å². The monoisotopic (exact) mass is 192 g/mol. The molecule has 0 unspecified atom stereocenters. The van der Waals surface area contributed by atoms with Gasteiger partial charge >= 0.3 is 0 Å². The van der Waals surface area contributed by atoms with E-state index >= 15 is 0 Å². The minimum atomic E-state index is -0.461. The molecule has 0 aliphatic rings. The molecule has 14 heavy (non-hydrogen) atoms. The van der Waals surface area contributed by atoms with Crippen LogP contribution in [0.4, 0.5) is 0 Å². The lowest BCUT2D eigenvalue weighted by Gasteiger charge is -1.87. The summed E-state index contributed by atoms with van der Waals surface area (Å²) in [5.74, 6) is 0.149. The number of benzene rings is 1. The van der Waals surface area contributed by atoms with E-state index in [1.807, 2.05) is 19.1 Å². The maximum atomic E-state index is 10.2. The molecule has 0 amide bonds. The third kappa shape index (κ3) is 1.56. The number of hydrogen-bond acceptors (Lipinski definition) is 4. The zero-order chi connectivity index (χ0) is 10.1. The van der Waals surface area contributed by atoms with Crippen LogP contribution in [0, 0.1) is 17.0 Å². The normalized spacial score (nSPS) is 10.6. The van der Waals surface area contributed by atoms with Crippen LogP contribution in [0.15, 0.2) is 22.6 Å². The predicted molar refractivity (Wildman–Crippen MR) is 49.4 cm³/mol. The molecule has 0 saturated heterocycles. The second-order valence-electron chi connectivity index (χ2n) is 3.07. The Morgan fingerprint density at radius 1 is 1.57 bits per heavy atom. The summed E-state index contributed by atoms with van der Waals surface area (Å²) >= 11 is 0. The van der Waals surface area contributed by atoms with Crippen LogP contribution in [0.25, 0.3) is 11.1 Å². The number of nitro groups is 1. The van der Waals surface area contributed by atoms with E-state index in [9.17, 15) is 10.1 Å². The quantitative estimate of drug-likeness (QED) is 0.538. The number of hydrogen-bond donors (Lipinski definition) is 0. The molecule has 0 saturated carbocycles. The van der Waals surface area contributed by atoms with Crippen molar-refractivity contribution in [3.63, 3.8) is 0 Å². The summed E-state index contributed by atoms with van der Waals surface area (Å²) in [7, 11) is 0. The Kier molecular flexibility index (Phi) is 1.92. The molecule has 0 fully saturated rings. The molecule has 2 rings (SSSR count). The fourth-order valence-corrected chi connectivity index (χ4v) is 1.26. The van der Waals surface area contributed by atoms with Gasteiger partial charge in [0.2, 0.25) is 0 Å². The fourth-order valence-electron chi connectivity index (χ4n) is 1.26. The van der Waals surface area contributed by atoms with Gasteiger partial charge in [-0.25, -0.2) is 4.98 Å². The van der Waals surface area contributed by atoms with Gasteiger partial charge in [-0.3, -0.25) is 10.1 Å². The molecule has 2 aromatic rings. The minimum Gasteiger partial charge on any atom is -0.435 e. The Morgan fingerprint density at radius 2 is 2.36 bits per heavy atom. The van der Waals surface area contributed by atoms with Crippen LogP contribution in [0.2, 0.25) is 0 Å². The molecule has 1 heterocycles. The largest absolute Gasteiger partial charge is 0.435 e. The standard InChI is InChI=1S/C9H8N2O3/c1-6-2-3-8-7(4-6)10-9(14-8)5-11(12)13/h2-4H,5H2,1H3. The molecule has 0 spiro atoms. The Labute approximate surface area is 79.5 Å². The first-order valence-corrected chi connectivity index (χ1v) is 4.13. The topological polar surface area (TPSA) is 69.2 Å². The van der Waals surface area contributed by atoms with Crippen molar-refractivity contribution in [3.8, 4) is 0 Å². The van der Waals surface area contributed by atoms with E-state index in [2.05, 4.69) is 4.98 Å². The molecule has 0 aliphatic heterocycles. The first kappa shape index (κ1) is 8.68. The average molecular weight is 192 g/mol.